The summed E-state index contributed by atoms with van der Waals surface area (Å²) in [6.45, 7) is 6.46. The average molecular weight is 379 g/mol. The smallest absolute Gasteiger partial charge is 0.260 e. The van der Waals surface area contributed by atoms with Crippen molar-refractivity contribution < 1.29 is 14.1 Å². The van der Waals surface area contributed by atoms with Gasteiger partial charge in [0.1, 0.15) is 5.75 Å². The lowest BCUT2D eigenvalue weighted by atomic mass is 10.0. The predicted octanol–water partition coefficient (Wildman–Crippen LogP) is 4.21. The number of carbonyl (C=O) groups is 1. The fourth-order valence-corrected chi connectivity index (χ4v) is 2.72. The zero-order valence-corrected chi connectivity index (χ0v) is 16.7. The zero-order chi connectivity index (χ0) is 20.1. The van der Waals surface area contributed by atoms with Crippen LogP contribution in [0.5, 0.6) is 5.75 Å². The summed E-state index contributed by atoms with van der Waals surface area (Å²) in [5, 5.41) is 4.00. The molecule has 0 saturated carbocycles. The van der Waals surface area contributed by atoms with Gasteiger partial charge in [0.15, 0.2) is 6.61 Å². The summed E-state index contributed by atoms with van der Waals surface area (Å²) in [5.74, 6) is 1.87. The SMILES string of the molecule is Cc1cccc(-c2noc(CN(C)C(=O)COc3ccc(C(C)C)cc3)n2)c1. The molecule has 3 aromatic rings. The van der Waals surface area contributed by atoms with E-state index in [0.717, 1.165) is 11.1 Å². The van der Waals surface area contributed by atoms with Crippen molar-refractivity contribution in [2.45, 2.75) is 33.2 Å². The van der Waals surface area contributed by atoms with E-state index in [-0.39, 0.29) is 19.1 Å². The Kier molecular flexibility index (Phi) is 6.09. The van der Waals surface area contributed by atoms with Gasteiger partial charge in [-0.2, -0.15) is 4.98 Å². The lowest BCUT2D eigenvalue weighted by Gasteiger charge is -2.15. The molecule has 0 fully saturated rings. The van der Waals surface area contributed by atoms with Crippen LogP contribution >= 0.6 is 0 Å². The normalized spacial score (nSPS) is 10.9. The van der Waals surface area contributed by atoms with E-state index in [4.69, 9.17) is 9.26 Å². The fourth-order valence-electron chi connectivity index (χ4n) is 2.72. The third kappa shape index (κ3) is 4.97. The Hall–Kier alpha value is -3.15. The summed E-state index contributed by atoms with van der Waals surface area (Å²) in [4.78, 5) is 18.2. The van der Waals surface area contributed by atoms with Crippen LogP contribution in [0.3, 0.4) is 0 Å². The number of aromatic nitrogens is 2. The molecule has 0 aliphatic rings. The highest BCUT2D eigenvalue weighted by Crippen LogP contribution is 2.19. The third-order valence-corrected chi connectivity index (χ3v) is 4.45. The number of benzene rings is 2. The lowest BCUT2D eigenvalue weighted by molar-refractivity contribution is -0.132. The van der Waals surface area contributed by atoms with Gasteiger partial charge in [-0.05, 0) is 36.6 Å². The quantitative estimate of drug-likeness (QED) is 0.615. The fraction of sp³-hybridized carbons (Fsp3) is 0.318. The second-order valence-electron chi connectivity index (χ2n) is 7.14. The molecule has 2 aromatic carbocycles. The highest BCUT2D eigenvalue weighted by Gasteiger charge is 2.15. The van der Waals surface area contributed by atoms with Crippen LogP contribution in [-0.4, -0.2) is 34.6 Å². The molecule has 28 heavy (non-hydrogen) atoms. The van der Waals surface area contributed by atoms with E-state index in [1.165, 1.54) is 10.5 Å². The molecule has 6 nitrogen and oxygen atoms in total. The molecule has 6 heteroatoms. The molecule has 146 valence electrons. The highest BCUT2D eigenvalue weighted by atomic mass is 16.5. The van der Waals surface area contributed by atoms with Gasteiger partial charge in [0.2, 0.25) is 11.7 Å². The van der Waals surface area contributed by atoms with Crippen LogP contribution in [0.1, 0.15) is 36.8 Å². The number of hydrogen-bond acceptors (Lipinski definition) is 5. The molecule has 1 amide bonds. The number of rotatable bonds is 7. The lowest BCUT2D eigenvalue weighted by Crippen LogP contribution is -2.31. The average Bonchev–Trinajstić information content (AvgIpc) is 3.15. The van der Waals surface area contributed by atoms with E-state index in [2.05, 4.69) is 24.0 Å². The predicted molar refractivity (Wildman–Crippen MR) is 107 cm³/mol. The van der Waals surface area contributed by atoms with Gasteiger partial charge in [-0.25, -0.2) is 0 Å². The summed E-state index contributed by atoms with van der Waals surface area (Å²) in [6, 6.07) is 15.7. The molecular formula is C22H25N3O3. The van der Waals surface area contributed by atoms with Gasteiger partial charge in [0.05, 0.1) is 6.54 Å². The van der Waals surface area contributed by atoms with Crippen molar-refractivity contribution in [3.05, 3.63) is 65.5 Å². The minimum Gasteiger partial charge on any atom is -0.484 e. The van der Waals surface area contributed by atoms with E-state index in [0.29, 0.717) is 23.4 Å². The summed E-state index contributed by atoms with van der Waals surface area (Å²) in [7, 11) is 1.68. The van der Waals surface area contributed by atoms with Crippen molar-refractivity contribution >= 4 is 5.91 Å². The summed E-state index contributed by atoms with van der Waals surface area (Å²) in [6.07, 6.45) is 0. The summed E-state index contributed by atoms with van der Waals surface area (Å²) >= 11 is 0. The van der Waals surface area contributed by atoms with Gasteiger partial charge < -0.3 is 14.2 Å². The number of hydrogen-bond donors (Lipinski definition) is 0. The first kappa shape index (κ1) is 19.6. The maximum atomic E-state index is 12.3. The monoisotopic (exact) mass is 379 g/mol. The van der Waals surface area contributed by atoms with Gasteiger partial charge in [-0.15, -0.1) is 0 Å². The Morgan fingerprint density at radius 1 is 1.18 bits per heavy atom. The van der Waals surface area contributed by atoms with Gasteiger partial charge in [-0.3, -0.25) is 4.79 Å². The molecule has 1 aromatic heterocycles. The number of nitrogens with zero attached hydrogens (tertiary/aromatic N) is 3. The third-order valence-electron chi connectivity index (χ3n) is 4.45. The molecule has 3 rings (SSSR count). The van der Waals surface area contributed by atoms with Crippen LogP contribution in [0.25, 0.3) is 11.4 Å². The maximum absolute atomic E-state index is 12.3. The number of ether oxygens (including phenoxy) is 1. The van der Waals surface area contributed by atoms with Crippen molar-refractivity contribution in [2.24, 2.45) is 0 Å². The van der Waals surface area contributed by atoms with Gasteiger partial charge >= 0.3 is 0 Å². The number of carbonyl (C=O) groups excluding carboxylic acids is 1. The minimum absolute atomic E-state index is 0.0452. The Balaban J connectivity index is 1.54. The van der Waals surface area contributed by atoms with E-state index >= 15 is 0 Å². The van der Waals surface area contributed by atoms with Crippen LogP contribution in [0.15, 0.2) is 53.1 Å². The first-order valence-corrected chi connectivity index (χ1v) is 9.28. The van der Waals surface area contributed by atoms with Crippen LogP contribution in [0, 0.1) is 6.92 Å². The number of aryl methyl sites for hydroxylation is 1. The second kappa shape index (κ2) is 8.69. The van der Waals surface area contributed by atoms with Gasteiger partial charge in [0.25, 0.3) is 5.91 Å². The van der Waals surface area contributed by atoms with Crippen molar-refractivity contribution in [1.29, 1.82) is 0 Å². The molecule has 0 spiro atoms. The van der Waals surface area contributed by atoms with E-state index in [1.807, 2.05) is 55.5 Å². The molecule has 0 unspecified atom stereocenters. The minimum atomic E-state index is -0.164. The van der Waals surface area contributed by atoms with Crippen molar-refractivity contribution in [3.8, 4) is 17.1 Å². The van der Waals surface area contributed by atoms with Gasteiger partial charge in [-0.1, -0.05) is 54.9 Å². The molecule has 0 atom stereocenters. The highest BCUT2D eigenvalue weighted by molar-refractivity contribution is 5.77. The standard InChI is InChI=1S/C22H25N3O3/c1-15(2)17-8-10-19(11-9-17)27-14-21(26)25(4)13-20-23-22(24-28-20)18-7-5-6-16(3)12-18/h5-12,15H,13-14H2,1-4H3. The van der Waals surface area contributed by atoms with Crippen LogP contribution < -0.4 is 4.74 Å². The summed E-state index contributed by atoms with van der Waals surface area (Å²) < 4.78 is 10.9. The maximum Gasteiger partial charge on any atom is 0.260 e. The largest absolute Gasteiger partial charge is 0.484 e. The first-order valence-electron chi connectivity index (χ1n) is 9.28. The number of amides is 1. The molecule has 1 heterocycles. The van der Waals surface area contributed by atoms with E-state index < -0.39 is 0 Å². The zero-order valence-electron chi connectivity index (χ0n) is 16.7. The van der Waals surface area contributed by atoms with Crippen LogP contribution in [0.4, 0.5) is 0 Å². The number of likely N-dealkylation sites (N-methyl/N-ethyl adjacent to an activating group) is 1. The van der Waals surface area contributed by atoms with Crippen LogP contribution in [-0.2, 0) is 11.3 Å². The van der Waals surface area contributed by atoms with Crippen LogP contribution in [0.2, 0.25) is 0 Å². The first-order chi connectivity index (χ1) is 13.4. The van der Waals surface area contributed by atoms with E-state index in [9.17, 15) is 4.79 Å². The van der Waals surface area contributed by atoms with Gasteiger partial charge in [0, 0.05) is 12.6 Å². The molecule has 0 bridgehead atoms. The van der Waals surface area contributed by atoms with Crippen molar-refractivity contribution in [3.63, 3.8) is 0 Å². The Bertz CT molecular complexity index is 932. The topological polar surface area (TPSA) is 68.5 Å². The summed E-state index contributed by atoms with van der Waals surface area (Å²) in [5.41, 5.74) is 3.24. The Morgan fingerprint density at radius 3 is 2.61 bits per heavy atom. The Labute approximate surface area is 165 Å². The van der Waals surface area contributed by atoms with Crippen molar-refractivity contribution in [2.75, 3.05) is 13.7 Å². The van der Waals surface area contributed by atoms with E-state index in [1.54, 1.807) is 7.05 Å². The molecule has 0 radical (unpaired) electrons. The van der Waals surface area contributed by atoms with Crippen molar-refractivity contribution in [1.82, 2.24) is 15.0 Å². The molecule has 0 N–H and O–H groups in total. The molecule has 0 aliphatic carbocycles. The second-order valence-corrected chi connectivity index (χ2v) is 7.14. The molecule has 0 aliphatic heterocycles. The Morgan fingerprint density at radius 2 is 1.93 bits per heavy atom. The molecule has 0 saturated heterocycles. The molecular weight excluding hydrogens is 354 g/mol.